The quantitative estimate of drug-likeness (QED) is 0.793. The number of hydrogen-bond acceptors (Lipinski definition) is 6. The van der Waals surface area contributed by atoms with Crippen LogP contribution in [-0.2, 0) is 0 Å². The Kier molecular flexibility index (Phi) is 3.35. The molecule has 6 nitrogen and oxygen atoms in total. The summed E-state index contributed by atoms with van der Waals surface area (Å²) < 4.78 is 0. The van der Waals surface area contributed by atoms with Crippen molar-refractivity contribution >= 4 is 22.8 Å². The summed E-state index contributed by atoms with van der Waals surface area (Å²) in [4.78, 5) is 19.5. The van der Waals surface area contributed by atoms with E-state index in [-0.39, 0.29) is 0 Å². The minimum atomic E-state index is 0.546. The van der Waals surface area contributed by atoms with Gasteiger partial charge in [0.2, 0.25) is 11.9 Å². The fourth-order valence-electron chi connectivity index (χ4n) is 2.01. The van der Waals surface area contributed by atoms with Gasteiger partial charge in [0.1, 0.15) is 0 Å². The van der Waals surface area contributed by atoms with Crippen LogP contribution in [0.2, 0.25) is 0 Å². The molecule has 0 fully saturated rings. The summed E-state index contributed by atoms with van der Waals surface area (Å²) in [5, 5.41) is 4.06. The first-order valence-electron chi connectivity index (χ1n) is 6.63. The molecule has 6 heteroatoms. The largest absolute Gasteiger partial charge is 0.357 e. The molecular weight excluding hydrogens is 264 g/mol. The van der Waals surface area contributed by atoms with E-state index in [1.165, 1.54) is 0 Å². The molecule has 0 amide bonds. The minimum absolute atomic E-state index is 0.546. The summed E-state index contributed by atoms with van der Waals surface area (Å²) in [7, 11) is 5.60. The lowest BCUT2D eigenvalue weighted by Gasteiger charge is -2.12. The Morgan fingerprint density at radius 2 is 1.90 bits per heavy atom. The van der Waals surface area contributed by atoms with E-state index in [0.717, 1.165) is 16.5 Å². The van der Waals surface area contributed by atoms with E-state index in [1.807, 2.05) is 49.3 Å². The van der Waals surface area contributed by atoms with Crippen molar-refractivity contribution in [1.29, 1.82) is 0 Å². The van der Waals surface area contributed by atoms with Crippen molar-refractivity contribution in [2.24, 2.45) is 0 Å². The second-order valence-electron chi connectivity index (χ2n) is 4.84. The molecule has 3 aromatic rings. The monoisotopic (exact) mass is 280 g/mol. The van der Waals surface area contributed by atoms with Gasteiger partial charge in [-0.15, -0.1) is 0 Å². The molecule has 0 unspecified atom stereocenters. The molecule has 21 heavy (non-hydrogen) atoms. The SMILES string of the molecule is CNc1nc(-c2ccc3cccnc3c2)nc(N(C)C)n1. The maximum Gasteiger partial charge on any atom is 0.230 e. The predicted molar refractivity (Wildman–Crippen MR) is 84.4 cm³/mol. The topological polar surface area (TPSA) is 66.8 Å². The first-order valence-corrected chi connectivity index (χ1v) is 6.63. The molecule has 1 aromatic carbocycles. The summed E-state index contributed by atoms with van der Waals surface area (Å²) in [6.45, 7) is 0. The number of aromatic nitrogens is 4. The van der Waals surface area contributed by atoms with Crippen LogP contribution in [0, 0.1) is 0 Å². The number of pyridine rings is 1. The molecule has 0 aliphatic carbocycles. The van der Waals surface area contributed by atoms with E-state index < -0.39 is 0 Å². The van der Waals surface area contributed by atoms with Crippen molar-refractivity contribution in [2.45, 2.75) is 0 Å². The normalized spacial score (nSPS) is 10.6. The Balaban J connectivity index is 2.14. The van der Waals surface area contributed by atoms with Gasteiger partial charge in [0, 0.05) is 38.3 Å². The molecule has 106 valence electrons. The zero-order chi connectivity index (χ0) is 14.8. The molecule has 0 atom stereocenters. The van der Waals surface area contributed by atoms with Gasteiger partial charge in [-0.1, -0.05) is 18.2 Å². The van der Waals surface area contributed by atoms with Crippen LogP contribution >= 0.6 is 0 Å². The second-order valence-corrected chi connectivity index (χ2v) is 4.84. The summed E-state index contributed by atoms with van der Waals surface area (Å²) in [6, 6.07) is 9.97. The first kappa shape index (κ1) is 13.2. The highest BCUT2D eigenvalue weighted by atomic mass is 15.3. The number of nitrogens with one attached hydrogen (secondary N) is 1. The standard InChI is InChI=1S/C15H16N6/c1-16-14-18-13(19-15(20-14)21(2)3)11-7-6-10-5-4-8-17-12(10)9-11/h4-9H,1-3H3,(H,16,18,19,20). The third-order valence-electron chi connectivity index (χ3n) is 3.11. The van der Waals surface area contributed by atoms with Crippen LogP contribution < -0.4 is 10.2 Å². The van der Waals surface area contributed by atoms with E-state index in [0.29, 0.717) is 17.7 Å². The van der Waals surface area contributed by atoms with Crippen molar-refractivity contribution in [3.63, 3.8) is 0 Å². The highest BCUT2D eigenvalue weighted by Crippen LogP contribution is 2.22. The van der Waals surface area contributed by atoms with Crippen LogP contribution in [0.5, 0.6) is 0 Å². The van der Waals surface area contributed by atoms with Crippen molar-refractivity contribution < 1.29 is 0 Å². The smallest absolute Gasteiger partial charge is 0.230 e. The van der Waals surface area contributed by atoms with Crippen LogP contribution in [0.15, 0.2) is 36.5 Å². The average Bonchev–Trinajstić information content (AvgIpc) is 2.53. The van der Waals surface area contributed by atoms with Gasteiger partial charge < -0.3 is 10.2 Å². The number of rotatable bonds is 3. The Bertz CT molecular complexity index is 784. The van der Waals surface area contributed by atoms with Crippen LogP contribution in [-0.4, -0.2) is 41.1 Å². The third-order valence-corrected chi connectivity index (χ3v) is 3.11. The third kappa shape index (κ3) is 2.60. The van der Waals surface area contributed by atoms with E-state index in [9.17, 15) is 0 Å². The van der Waals surface area contributed by atoms with Gasteiger partial charge in [0.05, 0.1) is 5.52 Å². The summed E-state index contributed by atoms with van der Waals surface area (Å²) in [6.07, 6.45) is 1.78. The van der Waals surface area contributed by atoms with Crippen LogP contribution in [0.25, 0.3) is 22.3 Å². The van der Waals surface area contributed by atoms with Crippen LogP contribution in [0.4, 0.5) is 11.9 Å². The molecule has 0 bridgehead atoms. The molecule has 2 heterocycles. The second kappa shape index (κ2) is 5.32. The Hall–Kier alpha value is -2.76. The maximum atomic E-state index is 4.49. The lowest BCUT2D eigenvalue weighted by atomic mass is 10.1. The van der Waals surface area contributed by atoms with Gasteiger partial charge in [-0.3, -0.25) is 4.98 Å². The van der Waals surface area contributed by atoms with Gasteiger partial charge in [-0.25, -0.2) is 0 Å². The molecule has 0 saturated heterocycles. The minimum Gasteiger partial charge on any atom is -0.357 e. The van der Waals surface area contributed by atoms with E-state index in [2.05, 4.69) is 25.3 Å². The van der Waals surface area contributed by atoms with Gasteiger partial charge in [-0.05, 0) is 12.1 Å². The van der Waals surface area contributed by atoms with E-state index in [4.69, 9.17) is 0 Å². The molecule has 1 N–H and O–H groups in total. The summed E-state index contributed by atoms with van der Waals surface area (Å²) in [5.41, 5.74) is 1.84. The van der Waals surface area contributed by atoms with Gasteiger partial charge in [-0.2, -0.15) is 15.0 Å². The first-order chi connectivity index (χ1) is 10.2. The Morgan fingerprint density at radius 1 is 1.05 bits per heavy atom. The van der Waals surface area contributed by atoms with E-state index >= 15 is 0 Å². The highest BCUT2D eigenvalue weighted by molar-refractivity contribution is 5.83. The molecule has 0 spiro atoms. The zero-order valence-corrected chi connectivity index (χ0v) is 12.2. The predicted octanol–water partition coefficient (Wildman–Crippen LogP) is 2.19. The van der Waals surface area contributed by atoms with Crippen molar-refractivity contribution in [2.75, 3.05) is 31.4 Å². The van der Waals surface area contributed by atoms with Crippen LogP contribution in [0.1, 0.15) is 0 Å². The zero-order valence-electron chi connectivity index (χ0n) is 12.2. The van der Waals surface area contributed by atoms with E-state index in [1.54, 1.807) is 13.2 Å². The fraction of sp³-hybridized carbons (Fsp3) is 0.200. The van der Waals surface area contributed by atoms with Gasteiger partial charge in [0.15, 0.2) is 5.82 Å². The number of nitrogens with zero attached hydrogens (tertiary/aromatic N) is 5. The number of anilines is 2. The molecule has 0 radical (unpaired) electrons. The Labute approximate surface area is 122 Å². The summed E-state index contributed by atoms with van der Waals surface area (Å²) in [5.74, 6) is 1.79. The van der Waals surface area contributed by atoms with Gasteiger partial charge >= 0.3 is 0 Å². The molecule has 0 saturated carbocycles. The Morgan fingerprint density at radius 3 is 2.67 bits per heavy atom. The molecular formula is C15H16N6. The summed E-state index contributed by atoms with van der Waals surface area (Å²) >= 11 is 0. The lowest BCUT2D eigenvalue weighted by molar-refractivity contribution is 0.963. The highest BCUT2D eigenvalue weighted by Gasteiger charge is 2.10. The van der Waals surface area contributed by atoms with Gasteiger partial charge in [0.25, 0.3) is 0 Å². The number of hydrogen-bond donors (Lipinski definition) is 1. The molecule has 0 aliphatic rings. The van der Waals surface area contributed by atoms with Crippen molar-refractivity contribution in [3.05, 3.63) is 36.5 Å². The molecule has 2 aromatic heterocycles. The van der Waals surface area contributed by atoms with Crippen molar-refractivity contribution in [3.8, 4) is 11.4 Å². The van der Waals surface area contributed by atoms with Crippen molar-refractivity contribution in [1.82, 2.24) is 19.9 Å². The maximum absolute atomic E-state index is 4.49. The lowest BCUT2D eigenvalue weighted by Crippen LogP contribution is -2.15. The molecule has 3 rings (SSSR count). The fourth-order valence-corrected chi connectivity index (χ4v) is 2.01. The number of fused-ring (bicyclic) bond motifs is 1. The average molecular weight is 280 g/mol. The van der Waals surface area contributed by atoms with Crippen LogP contribution in [0.3, 0.4) is 0 Å². The number of benzene rings is 1. The molecule has 0 aliphatic heterocycles.